The number of rotatable bonds is 2. The van der Waals surface area contributed by atoms with Gasteiger partial charge in [0.1, 0.15) is 0 Å². The highest BCUT2D eigenvalue weighted by atomic mass is 32.1. The summed E-state index contributed by atoms with van der Waals surface area (Å²) in [4.78, 5) is 2.64. The van der Waals surface area contributed by atoms with Crippen molar-refractivity contribution in [1.29, 1.82) is 0 Å². The second-order valence-corrected chi connectivity index (χ2v) is 2.99. The molecule has 2 unspecified atom stereocenters. The van der Waals surface area contributed by atoms with Gasteiger partial charge in [0.05, 0.1) is 19.3 Å². The molecule has 56 valence electrons. The first-order chi connectivity index (χ1) is 4.83. The fourth-order valence-corrected chi connectivity index (χ4v) is 1.26. The Labute approximate surface area is 64.6 Å². The molecule has 0 N–H and O–H groups in total. The van der Waals surface area contributed by atoms with E-state index in [0.29, 0.717) is 18.4 Å². The van der Waals surface area contributed by atoms with Gasteiger partial charge in [0.15, 0.2) is 0 Å². The Morgan fingerprint density at radius 3 is 3.10 bits per heavy atom. The van der Waals surface area contributed by atoms with Crippen molar-refractivity contribution >= 4 is 12.6 Å². The molecule has 0 spiro atoms. The van der Waals surface area contributed by atoms with Crippen molar-refractivity contribution in [3.63, 3.8) is 0 Å². The Morgan fingerprint density at radius 2 is 2.60 bits per heavy atom. The topological polar surface area (TPSA) is 58.0 Å². The Morgan fingerprint density at radius 1 is 1.80 bits per heavy atom. The number of thiol groups is 1. The van der Waals surface area contributed by atoms with Crippen LogP contribution in [0.1, 0.15) is 6.42 Å². The zero-order chi connectivity index (χ0) is 7.40. The summed E-state index contributed by atoms with van der Waals surface area (Å²) < 4.78 is 5.23. The van der Waals surface area contributed by atoms with Crippen LogP contribution in [0.2, 0.25) is 0 Å². The second-order valence-electron chi connectivity index (χ2n) is 2.26. The minimum absolute atomic E-state index is 0.0957. The quantitative estimate of drug-likeness (QED) is 0.281. The fourth-order valence-electron chi connectivity index (χ4n) is 0.942. The molecule has 0 aromatic rings. The molecule has 1 aliphatic rings. The highest BCUT2D eigenvalue weighted by molar-refractivity contribution is 7.81. The molecule has 1 rings (SSSR count). The molecule has 0 aliphatic carbocycles. The van der Waals surface area contributed by atoms with E-state index in [2.05, 4.69) is 22.7 Å². The van der Waals surface area contributed by atoms with Gasteiger partial charge in [0.25, 0.3) is 0 Å². The van der Waals surface area contributed by atoms with Crippen molar-refractivity contribution in [3.05, 3.63) is 10.4 Å². The second kappa shape index (κ2) is 3.71. The van der Waals surface area contributed by atoms with E-state index >= 15 is 0 Å². The van der Waals surface area contributed by atoms with Gasteiger partial charge in [0.2, 0.25) is 0 Å². The molecule has 0 aromatic carbocycles. The van der Waals surface area contributed by atoms with E-state index in [1.807, 2.05) is 0 Å². The van der Waals surface area contributed by atoms with Crippen LogP contribution in [-0.4, -0.2) is 24.5 Å². The molecule has 1 aliphatic heterocycles. The molecule has 1 fully saturated rings. The summed E-state index contributed by atoms with van der Waals surface area (Å²) >= 11 is 4.21. The summed E-state index contributed by atoms with van der Waals surface area (Å²) in [6, 6.07) is 0. The summed E-state index contributed by atoms with van der Waals surface area (Å²) in [5.41, 5.74) is 7.98. The molecule has 1 saturated heterocycles. The normalized spacial score (nSPS) is 31.7. The van der Waals surface area contributed by atoms with Crippen molar-refractivity contribution in [2.24, 2.45) is 5.11 Å². The van der Waals surface area contributed by atoms with Crippen LogP contribution in [0.15, 0.2) is 5.11 Å². The van der Waals surface area contributed by atoms with E-state index in [0.717, 1.165) is 6.42 Å². The molecule has 0 bridgehead atoms. The minimum Gasteiger partial charge on any atom is -0.377 e. The first-order valence-electron chi connectivity index (χ1n) is 3.13. The minimum atomic E-state index is 0.0957. The molecule has 5 heteroatoms. The van der Waals surface area contributed by atoms with Gasteiger partial charge in [0, 0.05) is 10.2 Å². The standard InChI is InChI=1S/C5H9N3OS/c6-8-7-2-4-1-5(10)3-9-4/h4-5,10H,1-3H2. The largest absolute Gasteiger partial charge is 0.377 e. The summed E-state index contributed by atoms with van der Waals surface area (Å²) in [6.07, 6.45) is 0.987. The summed E-state index contributed by atoms with van der Waals surface area (Å²) in [7, 11) is 0. The zero-order valence-electron chi connectivity index (χ0n) is 5.47. The van der Waals surface area contributed by atoms with Crippen LogP contribution < -0.4 is 0 Å². The SMILES string of the molecule is [N-]=[N+]=NCC1CC(S)CO1. The van der Waals surface area contributed by atoms with Gasteiger partial charge in [-0.25, -0.2) is 0 Å². The van der Waals surface area contributed by atoms with Crippen LogP contribution in [0.4, 0.5) is 0 Å². The summed E-state index contributed by atoms with van der Waals surface area (Å²) in [5, 5.41) is 3.73. The van der Waals surface area contributed by atoms with E-state index in [9.17, 15) is 0 Å². The van der Waals surface area contributed by atoms with Crippen molar-refractivity contribution < 1.29 is 4.74 Å². The summed E-state index contributed by atoms with van der Waals surface area (Å²) in [5.74, 6) is 0. The molecule has 10 heavy (non-hydrogen) atoms. The fraction of sp³-hybridized carbons (Fsp3) is 1.00. The number of ether oxygens (including phenoxy) is 1. The Kier molecular flexibility index (Phi) is 2.86. The molecule has 1 heterocycles. The van der Waals surface area contributed by atoms with E-state index in [1.54, 1.807) is 0 Å². The highest BCUT2D eigenvalue weighted by Gasteiger charge is 2.21. The number of nitrogens with zero attached hydrogens (tertiary/aromatic N) is 3. The van der Waals surface area contributed by atoms with Crippen molar-refractivity contribution in [1.82, 2.24) is 0 Å². The average Bonchev–Trinajstić information content (AvgIpc) is 2.31. The highest BCUT2D eigenvalue weighted by Crippen LogP contribution is 2.17. The number of hydrogen-bond donors (Lipinski definition) is 1. The predicted octanol–water partition coefficient (Wildman–Crippen LogP) is 1.38. The first-order valence-corrected chi connectivity index (χ1v) is 3.65. The third-order valence-electron chi connectivity index (χ3n) is 1.41. The Balaban J connectivity index is 2.24. The predicted molar refractivity (Wildman–Crippen MR) is 41.1 cm³/mol. The molecule has 0 aromatic heterocycles. The van der Waals surface area contributed by atoms with Gasteiger partial charge in [-0.2, -0.15) is 12.6 Å². The van der Waals surface area contributed by atoms with Crippen LogP contribution in [0.5, 0.6) is 0 Å². The maximum Gasteiger partial charge on any atom is 0.0643 e. The van der Waals surface area contributed by atoms with E-state index in [-0.39, 0.29) is 6.10 Å². The van der Waals surface area contributed by atoms with Gasteiger partial charge in [-0.1, -0.05) is 5.11 Å². The summed E-state index contributed by atoms with van der Waals surface area (Å²) in [6.45, 7) is 1.11. The van der Waals surface area contributed by atoms with Gasteiger partial charge in [-0.05, 0) is 12.0 Å². The van der Waals surface area contributed by atoms with Crippen LogP contribution in [0, 0.1) is 0 Å². The van der Waals surface area contributed by atoms with Crippen LogP contribution in [0.3, 0.4) is 0 Å². The van der Waals surface area contributed by atoms with Gasteiger partial charge < -0.3 is 4.74 Å². The van der Waals surface area contributed by atoms with Crippen molar-refractivity contribution in [3.8, 4) is 0 Å². The third-order valence-corrected chi connectivity index (χ3v) is 1.77. The molecular weight excluding hydrogens is 150 g/mol. The Hall–Kier alpha value is -0.380. The smallest absolute Gasteiger partial charge is 0.0643 e. The van der Waals surface area contributed by atoms with Crippen LogP contribution in [-0.2, 0) is 4.74 Å². The first kappa shape index (κ1) is 7.72. The van der Waals surface area contributed by atoms with Gasteiger partial charge >= 0.3 is 0 Å². The van der Waals surface area contributed by atoms with Crippen molar-refractivity contribution in [2.75, 3.05) is 13.2 Å². The lowest BCUT2D eigenvalue weighted by molar-refractivity contribution is 0.118. The lowest BCUT2D eigenvalue weighted by Gasteiger charge is -2.01. The molecule has 4 nitrogen and oxygen atoms in total. The van der Waals surface area contributed by atoms with Crippen molar-refractivity contribution in [2.45, 2.75) is 17.8 Å². The lowest BCUT2D eigenvalue weighted by Crippen LogP contribution is -2.08. The monoisotopic (exact) mass is 159 g/mol. The van der Waals surface area contributed by atoms with E-state index in [4.69, 9.17) is 10.3 Å². The molecule has 0 saturated carbocycles. The molecular formula is C5H9N3OS. The maximum atomic E-state index is 7.98. The van der Waals surface area contributed by atoms with E-state index in [1.165, 1.54) is 0 Å². The maximum absolute atomic E-state index is 7.98. The third kappa shape index (κ3) is 2.10. The van der Waals surface area contributed by atoms with Crippen LogP contribution in [0.25, 0.3) is 10.4 Å². The molecule has 0 amide bonds. The molecule has 0 radical (unpaired) electrons. The molecule has 2 atom stereocenters. The van der Waals surface area contributed by atoms with Gasteiger partial charge in [-0.15, -0.1) is 0 Å². The average molecular weight is 159 g/mol. The number of azide groups is 1. The van der Waals surface area contributed by atoms with Gasteiger partial charge in [-0.3, -0.25) is 0 Å². The lowest BCUT2D eigenvalue weighted by atomic mass is 10.2. The van der Waals surface area contributed by atoms with Crippen LogP contribution >= 0.6 is 12.6 Å². The van der Waals surface area contributed by atoms with E-state index < -0.39 is 0 Å². The Bertz CT molecular complexity index is 157. The zero-order valence-corrected chi connectivity index (χ0v) is 6.37. The number of hydrogen-bond acceptors (Lipinski definition) is 3.